The number of carbonyl (C=O) groups excluding carboxylic acids is 1. The van der Waals surface area contributed by atoms with Gasteiger partial charge in [-0.1, -0.05) is 43.7 Å². The normalized spacial score (nSPS) is 20.9. The second-order valence-corrected chi connectivity index (χ2v) is 4.33. The van der Waals surface area contributed by atoms with Crippen LogP contribution in [0, 0.1) is 0 Å². The van der Waals surface area contributed by atoms with Crippen LogP contribution in [-0.2, 0) is 14.3 Å². The molecule has 0 amide bonds. The van der Waals surface area contributed by atoms with E-state index in [0.717, 1.165) is 18.4 Å². The summed E-state index contributed by atoms with van der Waals surface area (Å²) in [5.41, 5.74) is 1.15. The Morgan fingerprint density at radius 3 is 2.78 bits per heavy atom. The van der Waals surface area contributed by atoms with Crippen molar-refractivity contribution in [2.24, 2.45) is 0 Å². The van der Waals surface area contributed by atoms with Crippen LogP contribution in [0.4, 0.5) is 0 Å². The average molecular weight is 246 g/mol. The third kappa shape index (κ3) is 3.52. The third-order valence-electron chi connectivity index (χ3n) is 2.85. The summed E-state index contributed by atoms with van der Waals surface area (Å²) in [6.45, 7) is 2.23. The Balaban J connectivity index is 2.03. The number of carbonyl (C=O) groups is 1. The summed E-state index contributed by atoms with van der Waals surface area (Å²) in [6.07, 6.45) is 4.78. The molecule has 1 aliphatic rings. The second-order valence-electron chi connectivity index (χ2n) is 4.33. The van der Waals surface area contributed by atoms with E-state index in [4.69, 9.17) is 9.47 Å². The van der Waals surface area contributed by atoms with E-state index in [1.165, 1.54) is 6.08 Å². The molecule has 0 saturated heterocycles. The standard InChI is InChI=1S/C15H18O3/c1-2-6-14(12-7-4-3-5-8-12)18-15-10-9-13(16)11-17-15/h3-5,7-10,14-15H,2,6,11H2,1H3/t14-,15+/m0/s1. The van der Waals surface area contributed by atoms with E-state index in [0.29, 0.717) is 0 Å². The molecule has 2 atom stereocenters. The maximum absolute atomic E-state index is 11.0. The Bertz CT molecular complexity index is 411. The fourth-order valence-corrected chi connectivity index (χ4v) is 1.94. The topological polar surface area (TPSA) is 35.5 Å². The summed E-state index contributed by atoms with van der Waals surface area (Å²) in [7, 11) is 0. The molecule has 1 heterocycles. The van der Waals surface area contributed by atoms with Gasteiger partial charge < -0.3 is 9.47 Å². The Morgan fingerprint density at radius 2 is 2.17 bits per heavy atom. The van der Waals surface area contributed by atoms with Crippen LogP contribution in [0.5, 0.6) is 0 Å². The van der Waals surface area contributed by atoms with Crippen LogP contribution in [0.1, 0.15) is 31.4 Å². The van der Waals surface area contributed by atoms with Gasteiger partial charge in [0.15, 0.2) is 12.1 Å². The molecular weight excluding hydrogens is 228 g/mol. The molecule has 0 aromatic heterocycles. The number of rotatable bonds is 5. The predicted octanol–water partition coefficient (Wildman–Crippen LogP) is 3.03. The highest BCUT2D eigenvalue weighted by atomic mass is 16.7. The number of hydrogen-bond acceptors (Lipinski definition) is 3. The van der Waals surface area contributed by atoms with Gasteiger partial charge in [-0.05, 0) is 24.1 Å². The minimum Gasteiger partial charge on any atom is -0.341 e. The second kappa shape index (κ2) is 6.47. The fourth-order valence-electron chi connectivity index (χ4n) is 1.94. The lowest BCUT2D eigenvalue weighted by molar-refractivity contribution is -0.159. The van der Waals surface area contributed by atoms with Crippen LogP contribution < -0.4 is 0 Å². The molecule has 1 aromatic carbocycles. The van der Waals surface area contributed by atoms with Crippen LogP contribution in [0.25, 0.3) is 0 Å². The van der Waals surface area contributed by atoms with E-state index in [1.807, 2.05) is 18.2 Å². The summed E-state index contributed by atoms with van der Waals surface area (Å²) in [4.78, 5) is 11.0. The van der Waals surface area contributed by atoms with E-state index in [2.05, 4.69) is 19.1 Å². The predicted molar refractivity (Wildman–Crippen MR) is 69.1 cm³/mol. The minimum absolute atomic E-state index is 0.0124. The van der Waals surface area contributed by atoms with Crippen molar-refractivity contribution in [3.63, 3.8) is 0 Å². The molecule has 96 valence electrons. The maximum atomic E-state index is 11.0. The molecule has 18 heavy (non-hydrogen) atoms. The summed E-state index contributed by atoms with van der Waals surface area (Å²) in [5.74, 6) is -0.0124. The highest BCUT2D eigenvalue weighted by Crippen LogP contribution is 2.25. The van der Waals surface area contributed by atoms with Crippen molar-refractivity contribution in [1.82, 2.24) is 0 Å². The van der Waals surface area contributed by atoms with Crippen molar-refractivity contribution in [2.45, 2.75) is 32.2 Å². The number of ether oxygens (including phenoxy) is 2. The molecule has 0 fully saturated rings. The highest BCUT2D eigenvalue weighted by Gasteiger charge is 2.19. The molecule has 0 radical (unpaired) electrons. The Kier molecular flexibility index (Phi) is 4.67. The number of ketones is 1. The third-order valence-corrected chi connectivity index (χ3v) is 2.85. The van der Waals surface area contributed by atoms with Gasteiger partial charge in [-0.3, -0.25) is 4.79 Å². The zero-order chi connectivity index (χ0) is 12.8. The molecule has 2 rings (SSSR count). The van der Waals surface area contributed by atoms with Gasteiger partial charge in [-0.25, -0.2) is 0 Å². The van der Waals surface area contributed by atoms with Gasteiger partial charge in [0.1, 0.15) is 6.61 Å². The molecule has 3 nitrogen and oxygen atoms in total. The molecule has 0 aliphatic carbocycles. The molecule has 0 N–H and O–H groups in total. The van der Waals surface area contributed by atoms with Crippen molar-refractivity contribution in [1.29, 1.82) is 0 Å². The molecule has 1 aromatic rings. The Labute approximate surface area is 107 Å². The largest absolute Gasteiger partial charge is 0.341 e. The maximum Gasteiger partial charge on any atom is 0.181 e. The van der Waals surface area contributed by atoms with Gasteiger partial charge in [0.2, 0.25) is 0 Å². The van der Waals surface area contributed by atoms with Crippen molar-refractivity contribution in [2.75, 3.05) is 6.61 Å². The van der Waals surface area contributed by atoms with Gasteiger partial charge in [-0.2, -0.15) is 0 Å². The molecule has 0 saturated carbocycles. The average Bonchev–Trinajstić information content (AvgIpc) is 2.42. The minimum atomic E-state index is -0.417. The van der Waals surface area contributed by atoms with Crippen molar-refractivity contribution in [3.05, 3.63) is 48.0 Å². The zero-order valence-corrected chi connectivity index (χ0v) is 10.5. The first-order valence-corrected chi connectivity index (χ1v) is 6.32. The number of hydrogen-bond donors (Lipinski definition) is 0. The first kappa shape index (κ1) is 13.0. The summed E-state index contributed by atoms with van der Waals surface area (Å²) >= 11 is 0. The highest BCUT2D eigenvalue weighted by molar-refractivity contribution is 5.91. The van der Waals surface area contributed by atoms with Crippen molar-refractivity contribution in [3.8, 4) is 0 Å². The molecule has 0 spiro atoms. The van der Waals surface area contributed by atoms with E-state index in [1.54, 1.807) is 6.08 Å². The SMILES string of the molecule is CCC[C@H](O[C@@H]1C=CC(=O)CO1)c1ccccc1. The Morgan fingerprint density at radius 1 is 1.39 bits per heavy atom. The van der Waals surface area contributed by atoms with E-state index < -0.39 is 6.29 Å². The zero-order valence-electron chi connectivity index (χ0n) is 10.5. The monoisotopic (exact) mass is 246 g/mol. The molecule has 0 bridgehead atoms. The van der Waals surface area contributed by atoms with Gasteiger partial charge in [0, 0.05) is 0 Å². The van der Waals surface area contributed by atoms with Gasteiger partial charge in [0.05, 0.1) is 6.10 Å². The van der Waals surface area contributed by atoms with E-state index in [-0.39, 0.29) is 18.5 Å². The van der Waals surface area contributed by atoms with E-state index >= 15 is 0 Å². The molecule has 3 heteroatoms. The molecular formula is C15H18O3. The lowest BCUT2D eigenvalue weighted by Crippen LogP contribution is -2.25. The quantitative estimate of drug-likeness (QED) is 0.801. The van der Waals surface area contributed by atoms with Gasteiger partial charge in [0.25, 0.3) is 0 Å². The van der Waals surface area contributed by atoms with Crippen molar-refractivity contribution >= 4 is 5.78 Å². The number of benzene rings is 1. The first-order chi connectivity index (χ1) is 8.79. The van der Waals surface area contributed by atoms with Crippen LogP contribution in [0.2, 0.25) is 0 Å². The van der Waals surface area contributed by atoms with Crippen LogP contribution >= 0.6 is 0 Å². The summed E-state index contributed by atoms with van der Waals surface area (Å²) < 4.78 is 11.2. The lowest BCUT2D eigenvalue weighted by atomic mass is 10.1. The smallest absolute Gasteiger partial charge is 0.181 e. The lowest BCUT2D eigenvalue weighted by Gasteiger charge is -2.24. The van der Waals surface area contributed by atoms with Crippen molar-refractivity contribution < 1.29 is 14.3 Å². The fraction of sp³-hybridized carbons (Fsp3) is 0.400. The van der Waals surface area contributed by atoms with E-state index in [9.17, 15) is 4.79 Å². The molecule has 1 aliphatic heterocycles. The summed E-state index contributed by atoms with van der Waals surface area (Å²) in [5, 5.41) is 0. The van der Waals surface area contributed by atoms with Gasteiger partial charge in [-0.15, -0.1) is 0 Å². The summed E-state index contributed by atoms with van der Waals surface area (Å²) in [6, 6.07) is 10.1. The Hall–Kier alpha value is -1.45. The van der Waals surface area contributed by atoms with Crippen LogP contribution in [0.3, 0.4) is 0 Å². The van der Waals surface area contributed by atoms with Crippen LogP contribution in [0.15, 0.2) is 42.5 Å². The first-order valence-electron chi connectivity index (χ1n) is 6.32. The molecule has 0 unspecified atom stereocenters. The van der Waals surface area contributed by atoms with Gasteiger partial charge >= 0.3 is 0 Å². The van der Waals surface area contributed by atoms with Crippen LogP contribution in [-0.4, -0.2) is 18.7 Å².